The molecule has 0 aliphatic carbocycles. The minimum Gasteiger partial charge on any atom is -0.351 e. The first kappa shape index (κ1) is 18.9. The van der Waals surface area contributed by atoms with Crippen LogP contribution < -0.4 is 10.6 Å². The number of amides is 1. The van der Waals surface area contributed by atoms with Gasteiger partial charge in [-0.3, -0.25) is 4.79 Å². The summed E-state index contributed by atoms with van der Waals surface area (Å²) in [6.07, 6.45) is 4.02. The minimum absolute atomic E-state index is 0.128. The van der Waals surface area contributed by atoms with Crippen molar-refractivity contribution >= 4 is 17.4 Å². The predicted molar refractivity (Wildman–Crippen MR) is 102 cm³/mol. The SMILES string of the molecule is CC(C)CCNC(=O)c1cnc(Nc2ccc(C(C)(C)C)cc2)cn1. The fraction of sp³-hybridized carbons (Fsp3) is 0.450. The molecule has 0 aliphatic rings. The molecule has 1 amide bonds. The zero-order valence-electron chi connectivity index (χ0n) is 15.8. The van der Waals surface area contributed by atoms with Crippen LogP contribution in [0, 0.1) is 5.92 Å². The number of carbonyl (C=O) groups excluding carboxylic acids is 1. The number of anilines is 2. The lowest BCUT2D eigenvalue weighted by atomic mass is 9.87. The van der Waals surface area contributed by atoms with Gasteiger partial charge in [0.1, 0.15) is 11.5 Å². The molecule has 2 rings (SSSR count). The second-order valence-corrected chi connectivity index (χ2v) is 7.68. The predicted octanol–water partition coefficient (Wildman–Crippen LogP) is 4.29. The second-order valence-electron chi connectivity index (χ2n) is 7.68. The number of aromatic nitrogens is 2. The van der Waals surface area contributed by atoms with E-state index in [0.29, 0.717) is 24.0 Å². The van der Waals surface area contributed by atoms with Crippen molar-refractivity contribution < 1.29 is 4.79 Å². The molecule has 1 aromatic heterocycles. The third kappa shape index (κ3) is 5.85. The van der Waals surface area contributed by atoms with Gasteiger partial charge in [0.2, 0.25) is 0 Å². The van der Waals surface area contributed by atoms with Crippen molar-refractivity contribution in [3.63, 3.8) is 0 Å². The molecule has 0 saturated heterocycles. The first-order chi connectivity index (χ1) is 11.8. The summed E-state index contributed by atoms with van der Waals surface area (Å²) in [4.78, 5) is 20.5. The molecule has 0 radical (unpaired) electrons. The standard InChI is InChI=1S/C20H28N4O/c1-14(2)10-11-21-19(25)17-12-23-18(13-22-17)24-16-8-6-15(7-9-16)20(3,4)5/h6-9,12-14H,10-11H2,1-5H3,(H,21,25)(H,23,24). The maximum Gasteiger partial charge on any atom is 0.271 e. The van der Waals surface area contributed by atoms with Gasteiger partial charge in [0.25, 0.3) is 5.91 Å². The Morgan fingerprint density at radius 2 is 1.76 bits per heavy atom. The van der Waals surface area contributed by atoms with E-state index in [1.54, 1.807) is 6.20 Å². The summed E-state index contributed by atoms with van der Waals surface area (Å²) in [5, 5.41) is 6.06. The van der Waals surface area contributed by atoms with Gasteiger partial charge in [-0.15, -0.1) is 0 Å². The fourth-order valence-corrected chi connectivity index (χ4v) is 2.28. The van der Waals surface area contributed by atoms with Gasteiger partial charge >= 0.3 is 0 Å². The van der Waals surface area contributed by atoms with Gasteiger partial charge in [0.15, 0.2) is 0 Å². The van der Waals surface area contributed by atoms with E-state index in [-0.39, 0.29) is 11.3 Å². The maximum atomic E-state index is 12.0. The van der Waals surface area contributed by atoms with Crippen molar-refractivity contribution in [2.75, 3.05) is 11.9 Å². The molecule has 0 unspecified atom stereocenters. The molecule has 1 heterocycles. The molecular formula is C20H28N4O. The lowest BCUT2D eigenvalue weighted by Gasteiger charge is -2.19. The molecule has 0 spiro atoms. The molecule has 2 N–H and O–H groups in total. The second kappa shape index (κ2) is 8.10. The van der Waals surface area contributed by atoms with E-state index in [1.807, 2.05) is 12.1 Å². The van der Waals surface area contributed by atoms with Crippen LogP contribution in [0.3, 0.4) is 0 Å². The third-order valence-electron chi connectivity index (χ3n) is 3.92. The molecule has 0 atom stereocenters. The monoisotopic (exact) mass is 340 g/mol. The number of benzene rings is 1. The Hall–Kier alpha value is -2.43. The summed E-state index contributed by atoms with van der Waals surface area (Å²) >= 11 is 0. The highest BCUT2D eigenvalue weighted by Gasteiger charge is 2.13. The zero-order chi connectivity index (χ0) is 18.4. The summed E-state index contributed by atoms with van der Waals surface area (Å²) in [6.45, 7) is 11.5. The van der Waals surface area contributed by atoms with Crippen molar-refractivity contribution in [1.29, 1.82) is 0 Å². The smallest absolute Gasteiger partial charge is 0.271 e. The topological polar surface area (TPSA) is 66.9 Å². The molecule has 25 heavy (non-hydrogen) atoms. The average Bonchev–Trinajstić information content (AvgIpc) is 2.55. The van der Waals surface area contributed by atoms with Crippen molar-refractivity contribution in [3.8, 4) is 0 Å². The molecule has 0 fully saturated rings. The summed E-state index contributed by atoms with van der Waals surface area (Å²) in [7, 11) is 0. The summed E-state index contributed by atoms with van der Waals surface area (Å²) in [5.74, 6) is 0.985. The lowest BCUT2D eigenvalue weighted by molar-refractivity contribution is 0.0946. The Morgan fingerprint density at radius 1 is 1.08 bits per heavy atom. The van der Waals surface area contributed by atoms with Crippen LogP contribution in [0.5, 0.6) is 0 Å². The van der Waals surface area contributed by atoms with Crippen LogP contribution in [0.1, 0.15) is 57.1 Å². The Morgan fingerprint density at radius 3 is 2.28 bits per heavy atom. The quantitative estimate of drug-likeness (QED) is 0.823. The highest BCUT2D eigenvalue weighted by molar-refractivity contribution is 5.92. The first-order valence-corrected chi connectivity index (χ1v) is 8.73. The van der Waals surface area contributed by atoms with E-state index < -0.39 is 0 Å². The molecule has 0 aliphatic heterocycles. The van der Waals surface area contributed by atoms with Gasteiger partial charge in [-0.25, -0.2) is 9.97 Å². The molecule has 134 valence electrons. The first-order valence-electron chi connectivity index (χ1n) is 8.73. The number of rotatable bonds is 6. The van der Waals surface area contributed by atoms with Crippen molar-refractivity contribution in [3.05, 3.63) is 47.9 Å². The average molecular weight is 340 g/mol. The van der Waals surface area contributed by atoms with Crippen LogP contribution in [-0.2, 0) is 5.41 Å². The molecule has 5 heteroatoms. The Balaban J connectivity index is 1.95. The van der Waals surface area contributed by atoms with E-state index in [2.05, 4.69) is 67.4 Å². The normalized spacial score (nSPS) is 11.4. The Bertz CT molecular complexity index is 685. The Kier molecular flexibility index (Phi) is 6.12. The molecule has 2 aromatic rings. The number of nitrogens with one attached hydrogen (secondary N) is 2. The van der Waals surface area contributed by atoms with Gasteiger partial charge in [-0.2, -0.15) is 0 Å². The third-order valence-corrected chi connectivity index (χ3v) is 3.92. The van der Waals surface area contributed by atoms with Crippen LogP contribution in [-0.4, -0.2) is 22.4 Å². The maximum absolute atomic E-state index is 12.0. The van der Waals surface area contributed by atoms with Crippen LogP contribution in [0.15, 0.2) is 36.7 Å². The van der Waals surface area contributed by atoms with Crippen molar-refractivity contribution in [2.24, 2.45) is 5.92 Å². The molecule has 5 nitrogen and oxygen atoms in total. The van der Waals surface area contributed by atoms with Crippen LogP contribution in [0.25, 0.3) is 0 Å². The number of nitrogens with zero attached hydrogens (tertiary/aromatic N) is 2. The van der Waals surface area contributed by atoms with Crippen LogP contribution in [0.2, 0.25) is 0 Å². The van der Waals surface area contributed by atoms with Gasteiger partial charge in [-0.05, 0) is 35.4 Å². The van der Waals surface area contributed by atoms with Gasteiger partial charge < -0.3 is 10.6 Å². The van der Waals surface area contributed by atoms with E-state index in [1.165, 1.54) is 11.8 Å². The highest BCUT2D eigenvalue weighted by atomic mass is 16.1. The zero-order valence-corrected chi connectivity index (χ0v) is 15.8. The molecular weight excluding hydrogens is 312 g/mol. The number of hydrogen-bond donors (Lipinski definition) is 2. The lowest BCUT2D eigenvalue weighted by Crippen LogP contribution is -2.26. The van der Waals surface area contributed by atoms with Crippen molar-refractivity contribution in [2.45, 2.75) is 46.5 Å². The minimum atomic E-state index is -0.186. The molecule has 1 aromatic carbocycles. The van der Waals surface area contributed by atoms with E-state index >= 15 is 0 Å². The number of hydrogen-bond acceptors (Lipinski definition) is 4. The van der Waals surface area contributed by atoms with E-state index in [4.69, 9.17) is 0 Å². The van der Waals surface area contributed by atoms with E-state index in [9.17, 15) is 4.79 Å². The molecule has 0 bridgehead atoms. The largest absolute Gasteiger partial charge is 0.351 e. The summed E-state index contributed by atoms with van der Waals surface area (Å²) in [6, 6.07) is 8.25. The van der Waals surface area contributed by atoms with Gasteiger partial charge in [0.05, 0.1) is 12.4 Å². The van der Waals surface area contributed by atoms with Crippen LogP contribution in [0.4, 0.5) is 11.5 Å². The molecule has 0 saturated carbocycles. The van der Waals surface area contributed by atoms with Gasteiger partial charge in [-0.1, -0.05) is 46.8 Å². The van der Waals surface area contributed by atoms with Crippen molar-refractivity contribution in [1.82, 2.24) is 15.3 Å². The Labute approximate surface area is 150 Å². The number of carbonyl (C=O) groups is 1. The fourth-order valence-electron chi connectivity index (χ4n) is 2.28. The summed E-state index contributed by atoms with van der Waals surface area (Å²) in [5.41, 5.74) is 2.68. The summed E-state index contributed by atoms with van der Waals surface area (Å²) < 4.78 is 0. The van der Waals surface area contributed by atoms with Gasteiger partial charge in [0, 0.05) is 12.2 Å². The van der Waals surface area contributed by atoms with Crippen LogP contribution >= 0.6 is 0 Å². The highest BCUT2D eigenvalue weighted by Crippen LogP contribution is 2.24. The van der Waals surface area contributed by atoms with E-state index in [0.717, 1.165) is 12.1 Å².